The van der Waals surface area contributed by atoms with Crippen molar-refractivity contribution in [2.24, 2.45) is 5.92 Å². The highest BCUT2D eigenvalue weighted by atomic mass is 16.5. The van der Waals surface area contributed by atoms with Gasteiger partial charge in [-0.15, -0.1) is 0 Å². The lowest BCUT2D eigenvalue weighted by atomic mass is 10.0. The van der Waals surface area contributed by atoms with E-state index in [-0.39, 0.29) is 24.7 Å². The third-order valence-electron chi connectivity index (χ3n) is 2.30. The van der Waals surface area contributed by atoms with Crippen LogP contribution >= 0.6 is 0 Å². The van der Waals surface area contributed by atoms with Crippen LogP contribution in [0.4, 0.5) is 0 Å². The minimum Gasteiger partial charge on any atom is -0.481 e. The zero-order valence-electron chi connectivity index (χ0n) is 10.2. The van der Waals surface area contributed by atoms with Gasteiger partial charge < -0.3 is 9.84 Å². The van der Waals surface area contributed by atoms with Gasteiger partial charge in [0.25, 0.3) is 0 Å². The fraction of sp³-hybridized carbons (Fsp3) is 0.833. The summed E-state index contributed by atoms with van der Waals surface area (Å²) in [4.78, 5) is 21.6. The second kappa shape index (κ2) is 9.19. The standard InChI is InChI=1S/C12H22O4/c1-3-4-5-6-7-16-12(15)9-10(2)8-11(13)14/h10H,3-9H2,1-2H3,(H,13,14). The van der Waals surface area contributed by atoms with Crippen LogP contribution in [0.5, 0.6) is 0 Å². The number of rotatable bonds is 9. The zero-order valence-corrected chi connectivity index (χ0v) is 10.2. The molecule has 4 heteroatoms. The number of hydrogen-bond acceptors (Lipinski definition) is 3. The molecule has 0 aromatic carbocycles. The Morgan fingerprint density at radius 2 is 1.88 bits per heavy atom. The Labute approximate surface area is 97.0 Å². The lowest BCUT2D eigenvalue weighted by Gasteiger charge is -2.08. The smallest absolute Gasteiger partial charge is 0.306 e. The average molecular weight is 230 g/mol. The van der Waals surface area contributed by atoms with Crippen molar-refractivity contribution in [3.8, 4) is 0 Å². The van der Waals surface area contributed by atoms with Crippen molar-refractivity contribution in [2.75, 3.05) is 6.61 Å². The van der Waals surface area contributed by atoms with Crippen molar-refractivity contribution in [1.29, 1.82) is 0 Å². The van der Waals surface area contributed by atoms with Gasteiger partial charge in [-0.3, -0.25) is 9.59 Å². The van der Waals surface area contributed by atoms with Crippen LogP contribution in [0.3, 0.4) is 0 Å². The molecule has 94 valence electrons. The Kier molecular flexibility index (Phi) is 8.58. The SMILES string of the molecule is CCCCCCOC(=O)CC(C)CC(=O)O. The molecule has 0 aliphatic carbocycles. The molecule has 0 aliphatic heterocycles. The van der Waals surface area contributed by atoms with Gasteiger partial charge in [0.2, 0.25) is 0 Å². The van der Waals surface area contributed by atoms with Gasteiger partial charge in [-0.05, 0) is 12.3 Å². The van der Waals surface area contributed by atoms with Crippen LogP contribution in [0.2, 0.25) is 0 Å². The fourth-order valence-corrected chi connectivity index (χ4v) is 1.43. The van der Waals surface area contributed by atoms with Gasteiger partial charge in [0.05, 0.1) is 6.61 Å². The van der Waals surface area contributed by atoms with Crippen molar-refractivity contribution in [3.05, 3.63) is 0 Å². The van der Waals surface area contributed by atoms with E-state index in [0.717, 1.165) is 25.7 Å². The Morgan fingerprint density at radius 1 is 1.19 bits per heavy atom. The van der Waals surface area contributed by atoms with Crippen molar-refractivity contribution < 1.29 is 19.4 Å². The maximum atomic E-state index is 11.3. The number of aliphatic carboxylic acids is 1. The zero-order chi connectivity index (χ0) is 12.4. The van der Waals surface area contributed by atoms with Gasteiger partial charge in [0.15, 0.2) is 0 Å². The second-order valence-corrected chi connectivity index (χ2v) is 4.19. The van der Waals surface area contributed by atoms with Gasteiger partial charge in [0, 0.05) is 12.8 Å². The number of carbonyl (C=O) groups excluding carboxylic acids is 1. The first-order valence-electron chi connectivity index (χ1n) is 5.93. The summed E-state index contributed by atoms with van der Waals surface area (Å²) in [6, 6.07) is 0. The summed E-state index contributed by atoms with van der Waals surface area (Å²) in [7, 11) is 0. The Morgan fingerprint density at radius 3 is 2.44 bits per heavy atom. The second-order valence-electron chi connectivity index (χ2n) is 4.19. The number of hydrogen-bond donors (Lipinski definition) is 1. The number of unbranched alkanes of at least 4 members (excludes halogenated alkanes) is 3. The summed E-state index contributed by atoms with van der Waals surface area (Å²) in [6.07, 6.45) is 4.50. The van der Waals surface area contributed by atoms with Crippen LogP contribution in [0.15, 0.2) is 0 Å². The average Bonchev–Trinajstić information content (AvgIpc) is 2.15. The number of carboxylic acids is 1. The van der Waals surface area contributed by atoms with Gasteiger partial charge in [-0.2, -0.15) is 0 Å². The normalized spacial score (nSPS) is 12.1. The summed E-state index contributed by atoms with van der Waals surface area (Å²) >= 11 is 0. The van der Waals surface area contributed by atoms with Gasteiger partial charge >= 0.3 is 11.9 Å². The molecule has 0 aromatic heterocycles. The molecule has 0 spiro atoms. The molecular formula is C12H22O4. The first kappa shape index (κ1) is 14.9. The Hall–Kier alpha value is -1.06. The molecule has 0 heterocycles. The van der Waals surface area contributed by atoms with Crippen molar-refractivity contribution >= 4 is 11.9 Å². The monoisotopic (exact) mass is 230 g/mol. The predicted octanol–water partition coefficient (Wildman–Crippen LogP) is 2.61. The summed E-state index contributed by atoms with van der Waals surface area (Å²) in [5.41, 5.74) is 0. The van der Waals surface area contributed by atoms with Crippen molar-refractivity contribution in [2.45, 2.75) is 52.4 Å². The highest BCUT2D eigenvalue weighted by Crippen LogP contribution is 2.09. The number of esters is 1. The van der Waals surface area contributed by atoms with Crippen LogP contribution in [0.25, 0.3) is 0 Å². The topological polar surface area (TPSA) is 63.6 Å². The van der Waals surface area contributed by atoms with E-state index in [4.69, 9.17) is 9.84 Å². The molecule has 0 fully saturated rings. The minimum atomic E-state index is -0.872. The molecule has 0 saturated carbocycles. The van der Waals surface area contributed by atoms with Crippen molar-refractivity contribution in [1.82, 2.24) is 0 Å². The summed E-state index contributed by atoms with van der Waals surface area (Å²) in [5, 5.41) is 8.52. The number of ether oxygens (including phenoxy) is 1. The molecule has 16 heavy (non-hydrogen) atoms. The van der Waals surface area contributed by atoms with E-state index in [1.54, 1.807) is 6.92 Å². The maximum absolute atomic E-state index is 11.3. The van der Waals surface area contributed by atoms with Crippen LogP contribution in [-0.2, 0) is 14.3 Å². The molecular weight excluding hydrogens is 208 g/mol. The lowest BCUT2D eigenvalue weighted by molar-refractivity contribution is -0.145. The van der Waals surface area contributed by atoms with Gasteiger partial charge in [-0.25, -0.2) is 0 Å². The largest absolute Gasteiger partial charge is 0.481 e. The van der Waals surface area contributed by atoms with Crippen LogP contribution in [-0.4, -0.2) is 23.7 Å². The molecule has 0 aliphatic rings. The van der Waals surface area contributed by atoms with Crippen LogP contribution in [0, 0.1) is 5.92 Å². The van der Waals surface area contributed by atoms with Crippen molar-refractivity contribution in [3.63, 3.8) is 0 Å². The third-order valence-corrected chi connectivity index (χ3v) is 2.30. The highest BCUT2D eigenvalue weighted by Gasteiger charge is 2.13. The molecule has 0 bridgehead atoms. The molecule has 1 N–H and O–H groups in total. The molecule has 0 radical (unpaired) electrons. The summed E-state index contributed by atoms with van der Waals surface area (Å²) < 4.78 is 5.01. The Bertz CT molecular complexity index is 213. The number of carboxylic acid groups (broad SMARTS) is 1. The van der Waals surface area contributed by atoms with E-state index in [9.17, 15) is 9.59 Å². The lowest BCUT2D eigenvalue weighted by Crippen LogP contribution is -2.13. The molecule has 0 saturated heterocycles. The van der Waals surface area contributed by atoms with Gasteiger partial charge in [0.1, 0.15) is 0 Å². The number of carbonyl (C=O) groups is 2. The van der Waals surface area contributed by atoms with E-state index < -0.39 is 5.97 Å². The Balaban J connectivity index is 3.47. The molecule has 0 aromatic rings. The first-order valence-corrected chi connectivity index (χ1v) is 5.93. The van der Waals surface area contributed by atoms with E-state index in [1.165, 1.54) is 0 Å². The van der Waals surface area contributed by atoms with Crippen LogP contribution in [0.1, 0.15) is 52.4 Å². The fourth-order valence-electron chi connectivity index (χ4n) is 1.43. The molecule has 4 nitrogen and oxygen atoms in total. The molecule has 1 unspecified atom stereocenters. The van der Waals surface area contributed by atoms with E-state index in [1.807, 2.05) is 0 Å². The van der Waals surface area contributed by atoms with Gasteiger partial charge in [-0.1, -0.05) is 33.1 Å². The predicted molar refractivity (Wildman–Crippen MR) is 61.1 cm³/mol. The first-order chi connectivity index (χ1) is 7.56. The van der Waals surface area contributed by atoms with E-state index >= 15 is 0 Å². The molecule has 0 amide bonds. The highest BCUT2D eigenvalue weighted by molar-refractivity contribution is 5.72. The van der Waals surface area contributed by atoms with E-state index in [0.29, 0.717) is 6.61 Å². The third kappa shape index (κ3) is 9.49. The van der Waals surface area contributed by atoms with Crippen LogP contribution < -0.4 is 0 Å². The summed E-state index contributed by atoms with van der Waals surface area (Å²) in [5.74, 6) is -1.31. The molecule has 0 rings (SSSR count). The maximum Gasteiger partial charge on any atom is 0.306 e. The quantitative estimate of drug-likeness (QED) is 0.488. The molecule has 1 atom stereocenters. The minimum absolute atomic E-state index is 0.0188. The van der Waals surface area contributed by atoms with E-state index in [2.05, 4.69) is 6.92 Å². The summed E-state index contributed by atoms with van der Waals surface area (Å²) in [6.45, 7) is 4.32.